The van der Waals surface area contributed by atoms with Crippen molar-refractivity contribution >= 4 is 38.9 Å². The summed E-state index contributed by atoms with van der Waals surface area (Å²) in [5.74, 6) is 0. The Balaban J connectivity index is 1.33. The lowest BCUT2D eigenvalue weighted by Gasteiger charge is -2.25. The smallest absolute Gasteiger partial charge is 0.310 e. The van der Waals surface area contributed by atoms with Crippen LogP contribution in [0.15, 0.2) is 146 Å². The van der Waals surface area contributed by atoms with E-state index in [2.05, 4.69) is 56.9 Å². The summed E-state index contributed by atoms with van der Waals surface area (Å²) in [6.45, 7) is 0. The molecule has 0 spiro atoms. The fourth-order valence-electron chi connectivity index (χ4n) is 5.53. The first-order valence-corrected chi connectivity index (χ1v) is 13.5. The fraction of sp³-hybridized carbons (Fsp3) is 0.0278. The van der Waals surface area contributed by atoms with E-state index < -0.39 is 11.7 Å². The van der Waals surface area contributed by atoms with Gasteiger partial charge in [0.05, 0.1) is 16.6 Å². The fourth-order valence-corrected chi connectivity index (χ4v) is 5.53. The highest BCUT2D eigenvalue weighted by atomic mass is 19.4. The molecule has 0 fully saturated rings. The standard InChI is InChI=1S/C36H24F3N3/c37-36(38,39)27-15-11-25(12-16-27)26-13-17-30(18-14-26)42-34-20-19-31(23-32(34)33-24-40-22-21-35(33)42)41(28-7-3-1-4-8-28)29-9-5-2-6-10-29/h1-24H. The minimum Gasteiger partial charge on any atom is -0.310 e. The highest BCUT2D eigenvalue weighted by Gasteiger charge is 2.30. The molecule has 0 saturated carbocycles. The van der Waals surface area contributed by atoms with Gasteiger partial charge in [0, 0.05) is 45.9 Å². The van der Waals surface area contributed by atoms with Gasteiger partial charge in [0.1, 0.15) is 0 Å². The third-order valence-electron chi connectivity index (χ3n) is 7.51. The minimum atomic E-state index is -4.35. The molecule has 42 heavy (non-hydrogen) atoms. The quantitative estimate of drug-likeness (QED) is 0.211. The summed E-state index contributed by atoms with van der Waals surface area (Å²) in [5, 5.41) is 2.10. The van der Waals surface area contributed by atoms with Crippen LogP contribution in [0.4, 0.5) is 30.2 Å². The van der Waals surface area contributed by atoms with Crippen LogP contribution < -0.4 is 4.90 Å². The van der Waals surface area contributed by atoms with E-state index in [1.807, 2.05) is 72.9 Å². The molecule has 2 aromatic heterocycles. The van der Waals surface area contributed by atoms with Crippen molar-refractivity contribution in [3.8, 4) is 16.8 Å². The number of hydrogen-bond donors (Lipinski definition) is 0. The number of hydrogen-bond acceptors (Lipinski definition) is 2. The van der Waals surface area contributed by atoms with Gasteiger partial charge in [-0.05, 0) is 83.9 Å². The predicted octanol–water partition coefficient (Wildman–Crippen LogP) is 10.3. The molecule has 5 aromatic carbocycles. The molecular weight excluding hydrogens is 531 g/mol. The van der Waals surface area contributed by atoms with Gasteiger partial charge in [-0.3, -0.25) is 4.98 Å². The molecule has 204 valence electrons. The normalized spacial score (nSPS) is 11.7. The van der Waals surface area contributed by atoms with Crippen molar-refractivity contribution in [2.24, 2.45) is 0 Å². The maximum Gasteiger partial charge on any atom is 0.416 e. The Labute approximate surface area is 240 Å². The van der Waals surface area contributed by atoms with Gasteiger partial charge in [-0.15, -0.1) is 0 Å². The summed E-state index contributed by atoms with van der Waals surface area (Å²) in [4.78, 5) is 6.67. The van der Waals surface area contributed by atoms with Gasteiger partial charge in [0.2, 0.25) is 0 Å². The van der Waals surface area contributed by atoms with E-state index in [0.717, 1.165) is 67.8 Å². The zero-order chi connectivity index (χ0) is 28.7. The predicted molar refractivity (Wildman–Crippen MR) is 164 cm³/mol. The summed E-state index contributed by atoms with van der Waals surface area (Å²) in [7, 11) is 0. The first-order valence-electron chi connectivity index (χ1n) is 13.5. The van der Waals surface area contributed by atoms with Gasteiger partial charge in [-0.25, -0.2) is 0 Å². The van der Waals surface area contributed by atoms with E-state index in [4.69, 9.17) is 0 Å². The Bertz CT molecular complexity index is 1960. The molecule has 0 aliphatic heterocycles. The Morgan fingerprint density at radius 1 is 0.548 bits per heavy atom. The SMILES string of the molecule is FC(F)(F)c1ccc(-c2ccc(-n3c4ccncc4c4cc(N(c5ccccc5)c5ccccc5)ccc43)cc2)cc1. The molecule has 0 unspecified atom stereocenters. The highest BCUT2D eigenvalue weighted by molar-refractivity contribution is 6.10. The molecule has 3 nitrogen and oxygen atoms in total. The Morgan fingerprint density at radius 3 is 1.71 bits per heavy atom. The number of nitrogens with zero attached hydrogens (tertiary/aromatic N) is 3. The van der Waals surface area contributed by atoms with Gasteiger partial charge >= 0.3 is 6.18 Å². The zero-order valence-corrected chi connectivity index (χ0v) is 22.3. The molecule has 7 rings (SSSR count). The molecule has 7 aromatic rings. The van der Waals surface area contributed by atoms with Gasteiger partial charge in [-0.1, -0.05) is 60.7 Å². The number of anilines is 3. The maximum absolute atomic E-state index is 13.0. The van der Waals surface area contributed by atoms with Crippen LogP contribution in [0.1, 0.15) is 5.56 Å². The largest absolute Gasteiger partial charge is 0.416 e. The highest BCUT2D eigenvalue weighted by Crippen LogP contribution is 2.39. The van der Waals surface area contributed by atoms with E-state index in [1.165, 1.54) is 12.1 Å². The van der Waals surface area contributed by atoms with Crippen molar-refractivity contribution in [3.05, 3.63) is 151 Å². The second-order valence-electron chi connectivity index (χ2n) is 10.1. The molecule has 0 amide bonds. The van der Waals surface area contributed by atoms with Gasteiger partial charge in [0.25, 0.3) is 0 Å². The minimum absolute atomic E-state index is 0.653. The molecule has 0 radical (unpaired) electrons. The van der Waals surface area contributed by atoms with Crippen LogP contribution in [-0.2, 0) is 6.18 Å². The topological polar surface area (TPSA) is 21.1 Å². The third-order valence-corrected chi connectivity index (χ3v) is 7.51. The van der Waals surface area contributed by atoms with Crippen LogP contribution in [0.2, 0.25) is 0 Å². The summed E-state index contributed by atoms with van der Waals surface area (Å²) < 4.78 is 41.3. The average Bonchev–Trinajstić information content (AvgIpc) is 3.36. The lowest BCUT2D eigenvalue weighted by atomic mass is 10.0. The van der Waals surface area contributed by atoms with Crippen molar-refractivity contribution in [2.75, 3.05) is 4.90 Å². The van der Waals surface area contributed by atoms with Crippen molar-refractivity contribution in [1.29, 1.82) is 0 Å². The number of halogens is 3. The molecule has 2 heterocycles. The van der Waals surface area contributed by atoms with Crippen LogP contribution in [0.3, 0.4) is 0 Å². The first-order chi connectivity index (χ1) is 20.5. The van der Waals surface area contributed by atoms with Gasteiger partial charge in [-0.2, -0.15) is 13.2 Å². The lowest BCUT2D eigenvalue weighted by Crippen LogP contribution is -2.09. The summed E-state index contributed by atoms with van der Waals surface area (Å²) >= 11 is 0. The molecule has 0 N–H and O–H groups in total. The van der Waals surface area contributed by atoms with E-state index in [9.17, 15) is 13.2 Å². The van der Waals surface area contributed by atoms with Crippen molar-refractivity contribution in [2.45, 2.75) is 6.18 Å². The van der Waals surface area contributed by atoms with Crippen LogP contribution in [0.25, 0.3) is 38.6 Å². The van der Waals surface area contributed by atoms with Crippen LogP contribution in [-0.4, -0.2) is 9.55 Å². The van der Waals surface area contributed by atoms with Crippen molar-refractivity contribution in [1.82, 2.24) is 9.55 Å². The van der Waals surface area contributed by atoms with E-state index in [0.29, 0.717) is 0 Å². The number of fused-ring (bicyclic) bond motifs is 3. The lowest BCUT2D eigenvalue weighted by molar-refractivity contribution is -0.137. The van der Waals surface area contributed by atoms with Crippen molar-refractivity contribution in [3.63, 3.8) is 0 Å². The molecular formula is C36H24F3N3. The Kier molecular flexibility index (Phi) is 6.24. The second kappa shape index (κ2) is 10.2. The zero-order valence-electron chi connectivity index (χ0n) is 22.3. The molecule has 6 heteroatoms. The number of para-hydroxylation sites is 2. The molecule has 0 atom stereocenters. The summed E-state index contributed by atoms with van der Waals surface area (Å²) in [6.07, 6.45) is -0.674. The average molecular weight is 556 g/mol. The van der Waals surface area contributed by atoms with Crippen LogP contribution in [0.5, 0.6) is 0 Å². The van der Waals surface area contributed by atoms with E-state index in [1.54, 1.807) is 6.20 Å². The van der Waals surface area contributed by atoms with Crippen molar-refractivity contribution < 1.29 is 13.2 Å². The van der Waals surface area contributed by atoms with Crippen LogP contribution >= 0.6 is 0 Å². The first kappa shape index (κ1) is 25.6. The second-order valence-corrected chi connectivity index (χ2v) is 10.1. The van der Waals surface area contributed by atoms with E-state index in [-0.39, 0.29) is 0 Å². The summed E-state index contributed by atoms with van der Waals surface area (Å²) in [5.41, 5.74) is 7.07. The Hall–Kier alpha value is -5.36. The number of alkyl halides is 3. The van der Waals surface area contributed by atoms with E-state index >= 15 is 0 Å². The Morgan fingerprint density at radius 2 is 1.12 bits per heavy atom. The monoisotopic (exact) mass is 555 g/mol. The number of rotatable bonds is 5. The van der Waals surface area contributed by atoms with Gasteiger partial charge in [0.15, 0.2) is 0 Å². The van der Waals surface area contributed by atoms with Gasteiger partial charge < -0.3 is 9.47 Å². The number of aromatic nitrogens is 2. The number of pyridine rings is 1. The summed E-state index contributed by atoms with van der Waals surface area (Å²) in [6, 6.07) is 42.2. The number of benzene rings is 5. The molecule has 0 bridgehead atoms. The molecule has 0 aliphatic carbocycles. The molecule has 0 saturated heterocycles. The molecule has 0 aliphatic rings. The van der Waals surface area contributed by atoms with Crippen LogP contribution in [0, 0.1) is 0 Å². The maximum atomic E-state index is 13.0. The third kappa shape index (κ3) is 4.57.